The summed E-state index contributed by atoms with van der Waals surface area (Å²) >= 11 is 0. The van der Waals surface area contributed by atoms with Gasteiger partial charge in [0.1, 0.15) is 17.1 Å². The van der Waals surface area contributed by atoms with Crippen molar-refractivity contribution in [2.24, 2.45) is 0 Å². The smallest absolute Gasteiger partial charge is 0.491 e. The van der Waals surface area contributed by atoms with Gasteiger partial charge < -0.3 is 19.9 Å². The van der Waals surface area contributed by atoms with Gasteiger partial charge in [-0.15, -0.1) is 0 Å². The molecule has 15 heavy (non-hydrogen) atoms. The molecule has 0 amide bonds. The van der Waals surface area contributed by atoms with Gasteiger partial charge in [-0.1, -0.05) is 0 Å². The summed E-state index contributed by atoms with van der Waals surface area (Å²) in [5.41, 5.74) is -0.809. The first kappa shape index (κ1) is 11.5. The van der Waals surface area contributed by atoms with Crippen LogP contribution in [-0.2, 0) is 0 Å². The number of carbonyl (C=O) groups is 1. The second-order valence-corrected chi connectivity index (χ2v) is 2.75. The number of aromatic carboxylic acids is 1. The van der Waals surface area contributed by atoms with Crippen LogP contribution in [0.5, 0.6) is 5.75 Å². The molecule has 0 aliphatic carbocycles. The summed E-state index contributed by atoms with van der Waals surface area (Å²) in [5, 5.41) is 26.2. The van der Waals surface area contributed by atoms with Gasteiger partial charge >= 0.3 is 13.1 Å². The lowest BCUT2D eigenvalue weighted by molar-refractivity contribution is 0.0692. The Hall–Kier alpha value is -1.60. The Kier molecular flexibility index (Phi) is 3.28. The van der Waals surface area contributed by atoms with E-state index in [0.717, 1.165) is 6.07 Å². The van der Waals surface area contributed by atoms with Crippen LogP contribution in [0.25, 0.3) is 0 Å². The number of hydrogen-bond donors (Lipinski definition) is 3. The molecule has 1 aromatic rings. The van der Waals surface area contributed by atoms with Crippen molar-refractivity contribution in [3.05, 3.63) is 23.5 Å². The highest BCUT2D eigenvalue weighted by Gasteiger charge is 2.22. The molecule has 0 saturated carbocycles. The fourth-order valence-electron chi connectivity index (χ4n) is 1.10. The number of ether oxygens (including phenoxy) is 1. The first-order valence-electron chi connectivity index (χ1n) is 3.94. The van der Waals surface area contributed by atoms with E-state index in [1.165, 1.54) is 7.11 Å². The van der Waals surface area contributed by atoms with E-state index in [2.05, 4.69) is 4.74 Å². The Bertz CT molecular complexity index is 393. The summed E-state index contributed by atoms with van der Waals surface area (Å²) in [6.45, 7) is 0. The molecular weight excluding hydrogens is 206 g/mol. The van der Waals surface area contributed by atoms with Gasteiger partial charge in [0.2, 0.25) is 0 Å². The van der Waals surface area contributed by atoms with E-state index in [1.54, 1.807) is 0 Å². The van der Waals surface area contributed by atoms with Crippen molar-refractivity contribution in [2.75, 3.05) is 7.11 Å². The molecule has 0 bridgehead atoms. The molecule has 3 N–H and O–H groups in total. The highest BCUT2D eigenvalue weighted by atomic mass is 19.1. The van der Waals surface area contributed by atoms with Gasteiger partial charge in [-0.2, -0.15) is 0 Å². The van der Waals surface area contributed by atoms with Gasteiger partial charge in [-0.25, -0.2) is 9.18 Å². The number of carboxylic acids is 1. The van der Waals surface area contributed by atoms with Crippen LogP contribution in [0.1, 0.15) is 10.4 Å². The minimum absolute atomic E-state index is 0.132. The molecule has 1 aromatic carbocycles. The average molecular weight is 214 g/mol. The number of carboxylic acid groups (broad SMARTS) is 1. The Morgan fingerprint density at radius 1 is 1.47 bits per heavy atom. The fourth-order valence-corrected chi connectivity index (χ4v) is 1.10. The lowest BCUT2D eigenvalue weighted by atomic mass is 9.79. The van der Waals surface area contributed by atoms with Crippen LogP contribution in [0.15, 0.2) is 12.1 Å². The van der Waals surface area contributed by atoms with Crippen LogP contribution >= 0.6 is 0 Å². The second kappa shape index (κ2) is 4.29. The Morgan fingerprint density at radius 2 is 2.07 bits per heavy atom. The van der Waals surface area contributed by atoms with Crippen molar-refractivity contribution in [3.63, 3.8) is 0 Å². The third-order valence-corrected chi connectivity index (χ3v) is 1.83. The van der Waals surface area contributed by atoms with E-state index in [9.17, 15) is 9.18 Å². The van der Waals surface area contributed by atoms with E-state index in [1.807, 2.05) is 0 Å². The molecule has 5 nitrogen and oxygen atoms in total. The average Bonchev–Trinajstić information content (AvgIpc) is 2.16. The van der Waals surface area contributed by atoms with Crippen molar-refractivity contribution in [3.8, 4) is 5.75 Å². The van der Waals surface area contributed by atoms with Crippen molar-refractivity contribution in [1.82, 2.24) is 0 Å². The summed E-state index contributed by atoms with van der Waals surface area (Å²) in [6, 6.07) is 1.61. The number of hydrogen-bond acceptors (Lipinski definition) is 4. The molecule has 0 aliphatic heterocycles. The first-order chi connectivity index (χ1) is 6.97. The van der Waals surface area contributed by atoms with Crippen LogP contribution < -0.4 is 10.2 Å². The highest BCUT2D eigenvalue weighted by molar-refractivity contribution is 6.58. The van der Waals surface area contributed by atoms with Gasteiger partial charge in [0.15, 0.2) is 0 Å². The number of methoxy groups -OCH3 is 1. The highest BCUT2D eigenvalue weighted by Crippen LogP contribution is 2.18. The van der Waals surface area contributed by atoms with E-state index < -0.39 is 24.4 Å². The zero-order valence-corrected chi connectivity index (χ0v) is 7.77. The van der Waals surface area contributed by atoms with Gasteiger partial charge in [0.25, 0.3) is 0 Å². The summed E-state index contributed by atoms with van der Waals surface area (Å²) in [5.74, 6) is -2.50. The topological polar surface area (TPSA) is 87.0 Å². The van der Waals surface area contributed by atoms with Crippen molar-refractivity contribution >= 4 is 18.6 Å². The maximum absolute atomic E-state index is 13.1. The second-order valence-electron chi connectivity index (χ2n) is 2.75. The molecule has 0 unspecified atom stereocenters. The van der Waals surface area contributed by atoms with Crippen LogP contribution in [0, 0.1) is 5.82 Å². The van der Waals surface area contributed by atoms with E-state index in [0.29, 0.717) is 6.07 Å². The summed E-state index contributed by atoms with van der Waals surface area (Å²) in [7, 11) is -0.811. The largest absolute Gasteiger partial charge is 0.496 e. The Labute approximate surface area is 84.9 Å². The molecule has 0 aromatic heterocycles. The van der Waals surface area contributed by atoms with Gasteiger partial charge in [0, 0.05) is 5.46 Å². The normalized spacial score (nSPS) is 9.87. The minimum Gasteiger partial charge on any atom is -0.496 e. The fraction of sp³-hybridized carbons (Fsp3) is 0.125. The zero-order chi connectivity index (χ0) is 11.6. The molecular formula is C8H8BFO5. The quantitative estimate of drug-likeness (QED) is 0.574. The van der Waals surface area contributed by atoms with Crippen LogP contribution in [0.2, 0.25) is 0 Å². The molecule has 7 heteroatoms. The molecule has 0 radical (unpaired) electrons. The molecule has 0 heterocycles. The van der Waals surface area contributed by atoms with Crippen LogP contribution in [0.3, 0.4) is 0 Å². The Morgan fingerprint density at radius 3 is 2.47 bits per heavy atom. The van der Waals surface area contributed by atoms with Crippen molar-refractivity contribution < 1.29 is 29.1 Å². The molecule has 0 spiro atoms. The van der Waals surface area contributed by atoms with Crippen molar-refractivity contribution in [2.45, 2.75) is 0 Å². The molecule has 0 saturated heterocycles. The number of rotatable bonds is 3. The van der Waals surface area contributed by atoms with E-state index in [-0.39, 0.29) is 11.3 Å². The van der Waals surface area contributed by atoms with E-state index in [4.69, 9.17) is 15.2 Å². The monoisotopic (exact) mass is 214 g/mol. The van der Waals surface area contributed by atoms with Crippen molar-refractivity contribution in [1.29, 1.82) is 0 Å². The summed E-state index contributed by atoms with van der Waals surface area (Å²) in [4.78, 5) is 10.6. The standard InChI is InChI=1S/C8H8BFO5/c1-15-7-3-5(9(13)14)6(10)2-4(7)8(11)12/h2-3,13-14H,1H3,(H,11,12). The number of halogens is 1. The van der Waals surface area contributed by atoms with Crippen LogP contribution in [-0.4, -0.2) is 35.4 Å². The molecule has 1 rings (SSSR count). The molecule has 0 fully saturated rings. The van der Waals surface area contributed by atoms with E-state index >= 15 is 0 Å². The maximum atomic E-state index is 13.1. The Balaban J connectivity index is 3.35. The summed E-state index contributed by atoms with van der Waals surface area (Å²) in [6.07, 6.45) is 0. The summed E-state index contributed by atoms with van der Waals surface area (Å²) < 4.78 is 17.8. The first-order valence-corrected chi connectivity index (χ1v) is 3.94. The third-order valence-electron chi connectivity index (χ3n) is 1.83. The zero-order valence-electron chi connectivity index (χ0n) is 7.77. The van der Waals surface area contributed by atoms with Gasteiger partial charge in [-0.05, 0) is 12.1 Å². The molecule has 0 aliphatic rings. The number of benzene rings is 1. The minimum atomic E-state index is -2.01. The molecule has 0 atom stereocenters. The lowest BCUT2D eigenvalue weighted by Gasteiger charge is -2.08. The van der Waals surface area contributed by atoms with Crippen LogP contribution in [0.4, 0.5) is 4.39 Å². The van der Waals surface area contributed by atoms with Gasteiger partial charge in [0.05, 0.1) is 7.11 Å². The van der Waals surface area contributed by atoms with Gasteiger partial charge in [-0.3, -0.25) is 0 Å². The molecule has 80 valence electrons. The third kappa shape index (κ3) is 2.25. The SMILES string of the molecule is COc1cc(B(O)O)c(F)cc1C(=O)O. The predicted octanol–water partition coefficient (Wildman–Crippen LogP) is -0.788. The maximum Gasteiger partial charge on any atom is 0.491 e. The lowest BCUT2D eigenvalue weighted by Crippen LogP contribution is -2.33. The predicted molar refractivity (Wildman–Crippen MR) is 49.7 cm³/mol.